The smallest absolute Gasteiger partial charge is 0.406 e. The largest absolute Gasteiger partial charge is 0.515 e. The third-order valence-corrected chi connectivity index (χ3v) is 3.51. The maximum absolute atomic E-state index is 5.74. The second-order valence-corrected chi connectivity index (χ2v) is 6.05. The highest BCUT2D eigenvalue weighted by atomic mass is 16.6. The summed E-state index contributed by atoms with van der Waals surface area (Å²) >= 11 is 0. The molecule has 0 amide bonds. The zero-order valence-corrected chi connectivity index (χ0v) is 11.5. The van der Waals surface area contributed by atoms with Crippen LogP contribution in [-0.4, -0.2) is 43.5 Å². The van der Waals surface area contributed by atoms with Gasteiger partial charge in [-0.1, -0.05) is 13.8 Å². The summed E-state index contributed by atoms with van der Waals surface area (Å²) in [4.78, 5) is 8.90. The quantitative estimate of drug-likeness (QED) is 0.736. The Morgan fingerprint density at radius 3 is 2.74 bits per heavy atom. The zero-order valence-electron chi connectivity index (χ0n) is 11.5. The van der Waals surface area contributed by atoms with Crippen molar-refractivity contribution in [1.82, 2.24) is 9.97 Å². The first-order valence-corrected chi connectivity index (χ1v) is 6.77. The molecule has 1 aromatic heterocycles. The van der Waals surface area contributed by atoms with E-state index in [0.29, 0.717) is 19.1 Å². The average molecular weight is 262 g/mol. The molecule has 0 N–H and O–H groups in total. The second kappa shape index (κ2) is 5.19. The molecule has 2 fully saturated rings. The van der Waals surface area contributed by atoms with Gasteiger partial charge in [0, 0.05) is 43.5 Å². The summed E-state index contributed by atoms with van der Waals surface area (Å²) in [6.45, 7) is 7.15. The van der Waals surface area contributed by atoms with Gasteiger partial charge >= 0.3 is 7.12 Å². The minimum atomic E-state index is -0.386. The van der Waals surface area contributed by atoms with Crippen LogP contribution in [0.4, 0.5) is 0 Å². The van der Waals surface area contributed by atoms with Crippen molar-refractivity contribution in [2.75, 3.05) is 26.4 Å². The van der Waals surface area contributed by atoms with Gasteiger partial charge in [-0.3, -0.25) is 9.97 Å². The molecule has 3 rings (SSSR count). The maximum atomic E-state index is 5.74. The number of hydrogen-bond donors (Lipinski definition) is 0. The molecule has 3 heterocycles. The SMILES string of the molecule is CC1(C)COB(c2cncc(C3CCOC3)n2)OC1. The van der Waals surface area contributed by atoms with Crippen LogP contribution < -0.4 is 5.59 Å². The first-order chi connectivity index (χ1) is 9.14. The number of rotatable bonds is 2. The molecule has 0 aromatic carbocycles. The minimum Gasteiger partial charge on any atom is -0.406 e. The highest BCUT2D eigenvalue weighted by Gasteiger charge is 2.35. The normalized spacial score (nSPS) is 26.6. The van der Waals surface area contributed by atoms with Crippen LogP contribution >= 0.6 is 0 Å². The van der Waals surface area contributed by atoms with Crippen molar-refractivity contribution in [3.05, 3.63) is 18.1 Å². The van der Waals surface area contributed by atoms with E-state index in [1.54, 1.807) is 6.20 Å². The van der Waals surface area contributed by atoms with Gasteiger partial charge < -0.3 is 14.0 Å². The first kappa shape index (κ1) is 13.0. The minimum absolute atomic E-state index is 0.0703. The molecule has 0 saturated carbocycles. The number of nitrogens with zero attached hydrogens (tertiary/aromatic N) is 2. The Bertz CT molecular complexity index is 439. The third-order valence-electron chi connectivity index (χ3n) is 3.51. The Balaban J connectivity index is 1.72. The van der Waals surface area contributed by atoms with Crippen molar-refractivity contribution >= 4 is 12.7 Å². The number of hydrogen-bond acceptors (Lipinski definition) is 5. The molecule has 102 valence electrons. The fourth-order valence-corrected chi connectivity index (χ4v) is 2.34. The fourth-order valence-electron chi connectivity index (χ4n) is 2.34. The van der Waals surface area contributed by atoms with E-state index in [0.717, 1.165) is 30.9 Å². The lowest BCUT2D eigenvalue weighted by molar-refractivity contribution is 0.0339. The van der Waals surface area contributed by atoms with Gasteiger partial charge in [-0.15, -0.1) is 0 Å². The Morgan fingerprint density at radius 1 is 1.26 bits per heavy atom. The third kappa shape index (κ3) is 2.96. The van der Waals surface area contributed by atoms with Crippen molar-refractivity contribution in [2.45, 2.75) is 26.2 Å². The van der Waals surface area contributed by atoms with Crippen LogP contribution in [-0.2, 0) is 14.0 Å². The van der Waals surface area contributed by atoms with Crippen molar-refractivity contribution in [2.24, 2.45) is 5.41 Å². The number of aromatic nitrogens is 2. The molecule has 0 spiro atoms. The summed E-state index contributed by atoms with van der Waals surface area (Å²) in [6, 6.07) is 0. The number of ether oxygens (including phenoxy) is 1. The predicted octanol–water partition coefficient (Wildman–Crippen LogP) is 0.749. The van der Waals surface area contributed by atoms with Crippen molar-refractivity contribution in [3.8, 4) is 0 Å². The van der Waals surface area contributed by atoms with Gasteiger partial charge in [-0.2, -0.15) is 0 Å². The summed E-state index contributed by atoms with van der Waals surface area (Å²) in [6.07, 6.45) is 4.55. The van der Waals surface area contributed by atoms with Gasteiger partial charge in [0.25, 0.3) is 0 Å². The molecule has 19 heavy (non-hydrogen) atoms. The van der Waals surface area contributed by atoms with Crippen molar-refractivity contribution in [3.63, 3.8) is 0 Å². The Morgan fingerprint density at radius 2 is 2.05 bits per heavy atom. The second-order valence-electron chi connectivity index (χ2n) is 6.05. The van der Waals surface area contributed by atoms with Crippen molar-refractivity contribution in [1.29, 1.82) is 0 Å². The van der Waals surface area contributed by atoms with E-state index < -0.39 is 0 Å². The lowest BCUT2D eigenvalue weighted by Gasteiger charge is -2.32. The van der Waals surface area contributed by atoms with Crippen LogP contribution in [0.15, 0.2) is 12.4 Å². The summed E-state index contributed by atoms with van der Waals surface area (Å²) in [5, 5.41) is 0. The summed E-state index contributed by atoms with van der Waals surface area (Å²) in [7, 11) is -0.386. The van der Waals surface area contributed by atoms with Gasteiger partial charge in [0.15, 0.2) is 0 Å². The summed E-state index contributed by atoms with van der Waals surface area (Å²) < 4.78 is 16.9. The van der Waals surface area contributed by atoms with E-state index in [2.05, 4.69) is 23.8 Å². The van der Waals surface area contributed by atoms with E-state index in [-0.39, 0.29) is 12.5 Å². The van der Waals surface area contributed by atoms with Crippen LogP contribution in [0.3, 0.4) is 0 Å². The Kier molecular flexibility index (Phi) is 3.56. The molecule has 1 unspecified atom stereocenters. The van der Waals surface area contributed by atoms with E-state index in [1.807, 2.05) is 6.20 Å². The highest BCUT2D eigenvalue weighted by Crippen LogP contribution is 2.23. The molecule has 5 nitrogen and oxygen atoms in total. The van der Waals surface area contributed by atoms with Crippen LogP contribution in [0.25, 0.3) is 0 Å². The highest BCUT2D eigenvalue weighted by molar-refractivity contribution is 6.60. The standard InChI is InChI=1S/C13H19BN2O3/c1-13(2)8-18-14(19-9-13)12-6-15-5-11(16-12)10-3-4-17-7-10/h5-6,10H,3-4,7-9H2,1-2H3. The molecule has 0 bridgehead atoms. The molecule has 2 aliphatic heterocycles. The van der Waals surface area contributed by atoms with Gasteiger partial charge in [0.1, 0.15) is 0 Å². The topological polar surface area (TPSA) is 53.5 Å². The molecule has 0 aliphatic carbocycles. The molecule has 1 aromatic rings. The van der Waals surface area contributed by atoms with Gasteiger partial charge in [-0.25, -0.2) is 0 Å². The monoisotopic (exact) mass is 262 g/mol. The molecule has 6 heteroatoms. The van der Waals surface area contributed by atoms with E-state index in [9.17, 15) is 0 Å². The molecule has 1 atom stereocenters. The molecule has 0 radical (unpaired) electrons. The van der Waals surface area contributed by atoms with E-state index in [4.69, 9.17) is 14.0 Å². The van der Waals surface area contributed by atoms with Crippen molar-refractivity contribution < 1.29 is 14.0 Å². The maximum Gasteiger partial charge on any atom is 0.515 e. The molecule has 2 saturated heterocycles. The lowest BCUT2D eigenvalue weighted by atomic mass is 9.80. The summed E-state index contributed by atoms with van der Waals surface area (Å²) in [5.41, 5.74) is 1.81. The fraction of sp³-hybridized carbons (Fsp3) is 0.692. The van der Waals surface area contributed by atoms with Crippen LogP contribution in [0.1, 0.15) is 31.9 Å². The molecular formula is C13H19BN2O3. The van der Waals surface area contributed by atoms with Crippen LogP contribution in [0, 0.1) is 5.41 Å². The predicted molar refractivity (Wildman–Crippen MR) is 71.3 cm³/mol. The van der Waals surface area contributed by atoms with Gasteiger partial charge in [-0.05, 0) is 6.42 Å². The van der Waals surface area contributed by atoms with Gasteiger partial charge in [0.2, 0.25) is 0 Å². The average Bonchev–Trinajstić information content (AvgIpc) is 2.93. The van der Waals surface area contributed by atoms with E-state index >= 15 is 0 Å². The molecule has 2 aliphatic rings. The van der Waals surface area contributed by atoms with Crippen LogP contribution in [0.2, 0.25) is 0 Å². The van der Waals surface area contributed by atoms with Crippen LogP contribution in [0.5, 0.6) is 0 Å². The zero-order chi connectivity index (χ0) is 13.3. The Labute approximate surface area is 113 Å². The lowest BCUT2D eigenvalue weighted by Crippen LogP contribution is -2.48. The van der Waals surface area contributed by atoms with E-state index in [1.165, 1.54) is 0 Å². The first-order valence-electron chi connectivity index (χ1n) is 6.77. The summed E-state index contributed by atoms with van der Waals surface area (Å²) in [5.74, 6) is 0.354. The molecular weight excluding hydrogens is 243 g/mol. The Hall–Kier alpha value is -0.975. The van der Waals surface area contributed by atoms with Gasteiger partial charge in [0.05, 0.1) is 17.9 Å².